The van der Waals surface area contributed by atoms with Crippen molar-refractivity contribution in [3.05, 3.63) is 50.0 Å². The lowest BCUT2D eigenvalue weighted by atomic mass is 10.1. The Labute approximate surface area is 232 Å². The van der Waals surface area contributed by atoms with Crippen molar-refractivity contribution in [1.29, 1.82) is 5.26 Å². The molecule has 0 spiro atoms. The monoisotopic (exact) mass is 550 g/mol. The van der Waals surface area contributed by atoms with Gasteiger partial charge in [-0.25, -0.2) is 4.79 Å². The fourth-order valence-electron chi connectivity index (χ4n) is 4.93. The molecule has 0 aromatic carbocycles. The molecule has 1 aliphatic rings. The van der Waals surface area contributed by atoms with Crippen LogP contribution < -0.4 is 9.47 Å². The zero-order valence-electron chi connectivity index (χ0n) is 22.4. The van der Waals surface area contributed by atoms with Gasteiger partial charge in [0.25, 0.3) is 0 Å². The molecule has 4 heterocycles. The van der Waals surface area contributed by atoms with Gasteiger partial charge in [-0.05, 0) is 68.2 Å². The number of rotatable bonds is 11. The summed E-state index contributed by atoms with van der Waals surface area (Å²) in [6.45, 7) is 10.9. The van der Waals surface area contributed by atoms with E-state index in [0.29, 0.717) is 18.1 Å². The van der Waals surface area contributed by atoms with E-state index in [2.05, 4.69) is 44.4 Å². The van der Waals surface area contributed by atoms with Crippen molar-refractivity contribution in [2.45, 2.75) is 66.3 Å². The molecule has 200 valence electrons. The van der Waals surface area contributed by atoms with E-state index in [1.165, 1.54) is 65.6 Å². The molecular formula is C30H34N2O4S2. The largest absolute Gasteiger partial charge is 0.485 e. The molecule has 0 bridgehead atoms. The number of aliphatic carboxylic acids is 1. The Kier molecular flexibility index (Phi) is 9.13. The third-order valence-electron chi connectivity index (χ3n) is 6.86. The summed E-state index contributed by atoms with van der Waals surface area (Å²) < 4.78 is 14.6. The second-order valence-corrected chi connectivity index (χ2v) is 11.5. The first-order chi connectivity index (χ1) is 18.4. The van der Waals surface area contributed by atoms with Gasteiger partial charge in [0.2, 0.25) is 0 Å². The topological polar surface area (TPSA) is 84.5 Å². The number of carboxylic acids is 1. The quantitative estimate of drug-likeness (QED) is 0.149. The molecule has 38 heavy (non-hydrogen) atoms. The number of thiophene rings is 2. The summed E-state index contributed by atoms with van der Waals surface area (Å²) in [6.07, 6.45) is 11.7. The molecule has 8 heteroatoms. The Morgan fingerprint density at radius 3 is 2.55 bits per heavy atom. The van der Waals surface area contributed by atoms with E-state index < -0.39 is 5.97 Å². The van der Waals surface area contributed by atoms with E-state index in [1.807, 2.05) is 12.1 Å². The minimum absolute atomic E-state index is 0.287. The molecule has 3 aromatic heterocycles. The average molecular weight is 551 g/mol. The fraction of sp³-hybridized carbons (Fsp3) is 0.400. The molecule has 1 aliphatic heterocycles. The number of carboxylic acid groups (broad SMARTS) is 1. The third-order valence-corrected chi connectivity index (χ3v) is 9.19. The first kappa shape index (κ1) is 27.7. The van der Waals surface area contributed by atoms with Crippen LogP contribution in [0.3, 0.4) is 0 Å². The Bertz CT molecular complexity index is 1410. The van der Waals surface area contributed by atoms with Gasteiger partial charge in [0, 0.05) is 27.7 Å². The van der Waals surface area contributed by atoms with E-state index in [0.717, 1.165) is 39.1 Å². The number of hydrogen-bond acceptors (Lipinski definition) is 6. The number of carbonyl (C=O) groups is 1. The minimum atomic E-state index is -1.23. The van der Waals surface area contributed by atoms with Gasteiger partial charge >= 0.3 is 5.97 Å². The summed E-state index contributed by atoms with van der Waals surface area (Å²) in [6, 6.07) is 5.50. The fourth-order valence-corrected chi connectivity index (χ4v) is 7.08. The Hall–Kier alpha value is -3.28. The predicted octanol–water partition coefficient (Wildman–Crippen LogP) is 7.97. The molecule has 0 amide bonds. The number of aromatic nitrogens is 1. The number of nitrogens with zero attached hydrogens (tertiary/aromatic N) is 2. The molecule has 1 N–H and O–H groups in total. The van der Waals surface area contributed by atoms with Crippen molar-refractivity contribution in [2.24, 2.45) is 0 Å². The Morgan fingerprint density at radius 1 is 1.11 bits per heavy atom. The van der Waals surface area contributed by atoms with Crippen LogP contribution in [-0.4, -0.2) is 28.9 Å². The van der Waals surface area contributed by atoms with Gasteiger partial charge in [0.15, 0.2) is 11.5 Å². The maximum Gasteiger partial charge on any atom is 0.346 e. The van der Waals surface area contributed by atoms with Gasteiger partial charge in [0.1, 0.15) is 24.9 Å². The van der Waals surface area contributed by atoms with Crippen molar-refractivity contribution in [2.75, 3.05) is 13.2 Å². The van der Waals surface area contributed by atoms with E-state index in [4.69, 9.17) is 14.7 Å². The number of unbranched alkanes of at least 4 members (excludes halogenated alkanes) is 3. The summed E-state index contributed by atoms with van der Waals surface area (Å²) in [5.74, 6) is 0.258. The smallest absolute Gasteiger partial charge is 0.346 e. The molecule has 0 unspecified atom stereocenters. The molecule has 0 aliphatic carbocycles. The molecule has 0 saturated carbocycles. The molecule has 3 aromatic rings. The normalized spacial score (nSPS) is 13.3. The molecule has 0 atom stereocenters. The van der Waals surface area contributed by atoms with Crippen LogP contribution in [0.15, 0.2) is 17.7 Å². The average Bonchev–Trinajstić information content (AvgIpc) is 3.58. The number of nitriles is 1. The lowest BCUT2D eigenvalue weighted by Gasteiger charge is -2.16. The zero-order valence-corrected chi connectivity index (χ0v) is 24.1. The van der Waals surface area contributed by atoms with E-state index >= 15 is 0 Å². The third kappa shape index (κ3) is 5.74. The SMILES string of the molecule is CCCCCCn1c(C)c(CC)c(C)c1/C=C/c1sc(-c2ccc(/C=C(/C#N)C(=O)O)s2)c2c1OCCO2. The van der Waals surface area contributed by atoms with Gasteiger partial charge in [-0.15, -0.1) is 22.7 Å². The van der Waals surface area contributed by atoms with Gasteiger partial charge in [0.05, 0.1) is 9.75 Å². The second-order valence-electron chi connectivity index (χ2n) is 9.30. The second kappa shape index (κ2) is 12.5. The Balaban J connectivity index is 1.69. The molecule has 6 nitrogen and oxygen atoms in total. The summed E-state index contributed by atoms with van der Waals surface area (Å²) in [5, 5.41) is 18.3. The van der Waals surface area contributed by atoms with Crippen LogP contribution in [0.5, 0.6) is 11.5 Å². The van der Waals surface area contributed by atoms with Gasteiger partial charge < -0.3 is 19.1 Å². The van der Waals surface area contributed by atoms with Crippen LogP contribution in [0.4, 0.5) is 0 Å². The van der Waals surface area contributed by atoms with Crippen LogP contribution in [0.2, 0.25) is 0 Å². The summed E-state index contributed by atoms with van der Waals surface area (Å²) in [5.41, 5.74) is 5.07. The summed E-state index contributed by atoms with van der Waals surface area (Å²) in [7, 11) is 0. The Morgan fingerprint density at radius 2 is 1.87 bits per heavy atom. The number of fused-ring (bicyclic) bond motifs is 1. The van der Waals surface area contributed by atoms with E-state index in [-0.39, 0.29) is 5.57 Å². The van der Waals surface area contributed by atoms with Crippen molar-refractivity contribution < 1.29 is 19.4 Å². The summed E-state index contributed by atoms with van der Waals surface area (Å²) in [4.78, 5) is 14.8. The van der Waals surface area contributed by atoms with Crippen molar-refractivity contribution in [3.63, 3.8) is 0 Å². The van der Waals surface area contributed by atoms with Gasteiger partial charge in [-0.2, -0.15) is 5.26 Å². The highest BCUT2D eigenvalue weighted by atomic mass is 32.1. The van der Waals surface area contributed by atoms with Crippen LogP contribution in [-0.2, 0) is 17.8 Å². The number of ether oxygens (including phenoxy) is 2. The van der Waals surface area contributed by atoms with Crippen LogP contribution in [0.1, 0.15) is 71.8 Å². The van der Waals surface area contributed by atoms with Crippen molar-refractivity contribution in [1.82, 2.24) is 4.57 Å². The molecule has 0 saturated heterocycles. The lowest BCUT2D eigenvalue weighted by molar-refractivity contribution is -0.132. The molecule has 4 rings (SSSR count). The molecular weight excluding hydrogens is 516 g/mol. The first-order valence-corrected chi connectivity index (χ1v) is 14.8. The summed E-state index contributed by atoms with van der Waals surface area (Å²) >= 11 is 3.04. The van der Waals surface area contributed by atoms with Crippen molar-refractivity contribution >= 4 is 46.9 Å². The maximum atomic E-state index is 11.2. The highest BCUT2D eigenvalue weighted by Crippen LogP contribution is 2.51. The van der Waals surface area contributed by atoms with Gasteiger partial charge in [-0.3, -0.25) is 0 Å². The van der Waals surface area contributed by atoms with Crippen molar-refractivity contribution in [3.8, 4) is 27.3 Å². The van der Waals surface area contributed by atoms with E-state index in [1.54, 1.807) is 17.4 Å². The van der Waals surface area contributed by atoms with E-state index in [9.17, 15) is 9.90 Å². The lowest BCUT2D eigenvalue weighted by Crippen LogP contribution is -2.14. The molecule has 0 radical (unpaired) electrons. The highest BCUT2D eigenvalue weighted by molar-refractivity contribution is 7.23. The minimum Gasteiger partial charge on any atom is -0.485 e. The predicted molar refractivity (Wildman–Crippen MR) is 156 cm³/mol. The standard InChI is InChI=1S/C30H34N2O4S2/c1-5-7-8-9-14-32-20(4)23(6-2)19(3)24(32)11-13-25-27-28(36-16-15-35-27)29(38-25)26-12-10-22(37-26)17-21(18-31)30(33)34/h10-13,17H,5-9,14-16H2,1-4H3,(H,33,34)/b13-11+,21-17-. The highest BCUT2D eigenvalue weighted by Gasteiger charge is 2.25. The van der Waals surface area contributed by atoms with Gasteiger partial charge in [-0.1, -0.05) is 33.1 Å². The van der Waals surface area contributed by atoms with Crippen LogP contribution in [0.25, 0.3) is 28.0 Å². The first-order valence-electron chi connectivity index (χ1n) is 13.1. The number of hydrogen-bond donors (Lipinski definition) is 1. The molecule has 0 fully saturated rings. The maximum absolute atomic E-state index is 11.2. The van der Waals surface area contributed by atoms with Crippen LogP contribution in [0, 0.1) is 25.2 Å². The van der Waals surface area contributed by atoms with Crippen LogP contribution >= 0.6 is 22.7 Å². The zero-order chi connectivity index (χ0) is 27.2.